The molecule has 0 unspecified atom stereocenters. The number of unbranched alkanes of at least 4 members (excludes halogenated alkanes) is 14. The fraction of sp³-hybridized carbons (Fsp3) is 0.933. The average molecular weight is 618 g/mol. The van der Waals surface area contributed by atoms with Crippen molar-refractivity contribution in [3.05, 3.63) is 0 Å². The van der Waals surface area contributed by atoms with Crippen LogP contribution >= 0.6 is 24.8 Å². The molecule has 10 heteroatoms. The molecule has 0 saturated heterocycles. The molecule has 0 aromatic carbocycles. The van der Waals surface area contributed by atoms with Crippen LogP contribution in [0.15, 0.2) is 0 Å². The van der Waals surface area contributed by atoms with Crippen LogP contribution in [0.25, 0.3) is 0 Å². The lowest BCUT2D eigenvalue weighted by Crippen LogP contribution is -2.52. The summed E-state index contributed by atoms with van der Waals surface area (Å²) in [5.41, 5.74) is 0. The number of hydrogen-bond acceptors (Lipinski definition) is 6. The van der Waals surface area contributed by atoms with Crippen LogP contribution < -0.4 is 10.2 Å². The Morgan fingerprint density at radius 2 is 0.725 bits per heavy atom. The number of likely N-dealkylation sites (N-methyl/N-ethyl adjacent to an activating group) is 2. The van der Waals surface area contributed by atoms with Gasteiger partial charge in [-0.3, -0.25) is 0 Å². The van der Waals surface area contributed by atoms with Crippen LogP contribution in [-0.4, -0.2) is 88.9 Å². The van der Waals surface area contributed by atoms with Gasteiger partial charge in [0, 0.05) is 11.9 Å². The maximum Gasteiger partial charge on any atom is 0.182 e. The third kappa shape index (κ3) is 33.6. The molecule has 40 heavy (non-hydrogen) atoms. The summed E-state index contributed by atoms with van der Waals surface area (Å²) in [6.07, 6.45) is 18.0. The van der Waals surface area contributed by atoms with Gasteiger partial charge >= 0.3 is 0 Å². The van der Waals surface area contributed by atoms with E-state index in [-0.39, 0.29) is 37.7 Å². The average Bonchev–Trinajstić information content (AvgIpc) is 2.84. The summed E-state index contributed by atoms with van der Waals surface area (Å²) in [5.74, 6) is -1.87. The summed E-state index contributed by atoms with van der Waals surface area (Å²) in [6.45, 7) is 5.18. The molecule has 0 aliphatic heterocycles. The van der Waals surface area contributed by atoms with Crippen molar-refractivity contribution in [3.8, 4) is 0 Å². The van der Waals surface area contributed by atoms with Crippen LogP contribution in [0.4, 0.5) is 0 Å². The number of nitrogens with zero attached hydrogens (tertiary/aromatic N) is 2. The highest BCUT2D eigenvalue weighted by Gasteiger charge is 2.23. The molecule has 0 saturated carbocycles. The van der Waals surface area contributed by atoms with Crippen LogP contribution in [0.2, 0.25) is 0 Å². The third-order valence-corrected chi connectivity index (χ3v) is 7.03. The number of aliphatic carboxylic acids is 2. The Hall–Kier alpha value is -0.640. The minimum absolute atomic E-state index is 0. The summed E-state index contributed by atoms with van der Waals surface area (Å²) in [5, 5.41) is 20.8. The van der Waals surface area contributed by atoms with Gasteiger partial charge in [-0.2, -0.15) is 0 Å². The Morgan fingerprint density at radius 3 is 1.00 bits per heavy atom. The fourth-order valence-corrected chi connectivity index (χ4v) is 4.36. The van der Waals surface area contributed by atoms with Crippen LogP contribution in [0.3, 0.4) is 0 Å². The maximum atomic E-state index is 10.4. The molecule has 0 aliphatic rings. The summed E-state index contributed by atoms with van der Waals surface area (Å²) in [7, 11) is 8.91. The van der Waals surface area contributed by atoms with Crippen molar-refractivity contribution < 1.29 is 38.2 Å². The standard InChI is InChI=1S/C30H60N2O6.2ClH/c1-31(2,27-37-25-19-15-11-7-5-9-13-17-21-29(33)34)23-24-32(3,4)28-38-26-20-16-12-8-6-10-14-18-22-30(35)36;;/h5-28H2,1-4H3;2*1H. The van der Waals surface area contributed by atoms with Crippen LogP contribution in [0.5, 0.6) is 0 Å². The molecule has 8 nitrogen and oxygen atoms in total. The van der Waals surface area contributed by atoms with E-state index in [0.29, 0.717) is 0 Å². The first kappa shape index (κ1) is 43.8. The van der Waals surface area contributed by atoms with Gasteiger partial charge in [0.25, 0.3) is 0 Å². The summed E-state index contributed by atoms with van der Waals surface area (Å²) in [6, 6.07) is 0. The largest absolute Gasteiger partial charge is 0.550 e. The smallest absolute Gasteiger partial charge is 0.182 e. The molecular weight excluding hydrogens is 555 g/mol. The number of carbonyl (C=O) groups excluding carboxylic acids is 2. The summed E-state index contributed by atoms with van der Waals surface area (Å²) in [4.78, 5) is 20.8. The lowest BCUT2D eigenvalue weighted by molar-refractivity contribution is -0.963. The Kier molecular flexibility index (Phi) is 31.2. The van der Waals surface area contributed by atoms with E-state index in [1.807, 2.05) is 0 Å². The van der Waals surface area contributed by atoms with Crippen molar-refractivity contribution in [2.24, 2.45) is 0 Å². The van der Waals surface area contributed by atoms with Crippen molar-refractivity contribution >= 4 is 36.8 Å². The van der Waals surface area contributed by atoms with Gasteiger partial charge in [-0.15, -0.1) is 24.8 Å². The molecule has 0 aliphatic carbocycles. The number of carboxylic acid groups (broad SMARTS) is 2. The lowest BCUT2D eigenvalue weighted by Gasteiger charge is -2.35. The molecule has 0 aromatic heterocycles. The molecule has 242 valence electrons. The van der Waals surface area contributed by atoms with Gasteiger partial charge in [-0.05, 0) is 38.5 Å². The summed E-state index contributed by atoms with van der Waals surface area (Å²) >= 11 is 0. The van der Waals surface area contributed by atoms with E-state index in [1.54, 1.807) is 0 Å². The van der Waals surface area contributed by atoms with E-state index in [0.717, 1.165) is 100 Å². The van der Waals surface area contributed by atoms with E-state index in [1.165, 1.54) is 51.4 Å². The predicted molar refractivity (Wildman–Crippen MR) is 163 cm³/mol. The Bertz CT molecular complexity index is 545. The van der Waals surface area contributed by atoms with Crippen molar-refractivity contribution in [3.63, 3.8) is 0 Å². The second kappa shape index (κ2) is 28.5. The van der Waals surface area contributed by atoms with Crippen molar-refractivity contribution in [1.82, 2.24) is 0 Å². The normalized spacial score (nSPS) is 11.6. The minimum Gasteiger partial charge on any atom is -0.550 e. The highest BCUT2D eigenvalue weighted by molar-refractivity contribution is 5.85. The Labute approximate surface area is 258 Å². The SMILES string of the molecule is C[N+](C)(CC[N+](C)(C)COCCCCCCCCCCC(=O)[O-])COCCCCCCCCCCC(=O)[O-].Cl.Cl. The topological polar surface area (TPSA) is 98.7 Å². The highest BCUT2D eigenvalue weighted by Crippen LogP contribution is 2.11. The predicted octanol–water partition coefficient (Wildman–Crippen LogP) is 4.45. The Balaban J connectivity index is -0.00000684. The van der Waals surface area contributed by atoms with E-state index in [2.05, 4.69) is 28.2 Å². The number of carbonyl (C=O) groups is 2. The molecule has 0 rings (SSSR count). The van der Waals surface area contributed by atoms with Gasteiger partial charge in [0.1, 0.15) is 13.1 Å². The van der Waals surface area contributed by atoms with Crippen molar-refractivity contribution in [2.75, 3.05) is 68.0 Å². The molecule has 0 radical (unpaired) electrons. The quantitative estimate of drug-likeness (QED) is 0.0699. The first-order valence-electron chi connectivity index (χ1n) is 15.2. The zero-order chi connectivity index (χ0) is 28.5. The molecule has 0 heterocycles. The molecule has 0 N–H and O–H groups in total. The number of quaternary nitrogens is 2. The minimum atomic E-state index is -0.934. The van der Waals surface area contributed by atoms with Gasteiger partial charge in [0.15, 0.2) is 13.5 Å². The number of carboxylic acids is 2. The molecule has 0 aromatic rings. The zero-order valence-corrected chi connectivity index (χ0v) is 27.8. The van der Waals surface area contributed by atoms with E-state index >= 15 is 0 Å². The van der Waals surface area contributed by atoms with E-state index < -0.39 is 11.9 Å². The summed E-state index contributed by atoms with van der Waals surface area (Å²) < 4.78 is 13.6. The van der Waals surface area contributed by atoms with Gasteiger partial charge < -0.3 is 38.2 Å². The highest BCUT2D eigenvalue weighted by atomic mass is 35.5. The van der Waals surface area contributed by atoms with Crippen molar-refractivity contribution in [1.29, 1.82) is 0 Å². The van der Waals surface area contributed by atoms with E-state index in [4.69, 9.17) is 9.47 Å². The molecule has 0 fully saturated rings. The molecule has 0 bridgehead atoms. The Morgan fingerprint density at radius 1 is 0.475 bits per heavy atom. The fourth-order valence-electron chi connectivity index (χ4n) is 4.36. The zero-order valence-electron chi connectivity index (χ0n) is 26.1. The van der Waals surface area contributed by atoms with Crippen LogP contribution in [0, 0.1) is 0 Å². The number of ether oxygens (including phenoxy) is 2. The van der Waals surface area contributed by atoms with Crippen LogP contribution in [0.1, 0.15) is 116 Å². The van der Waals surface area contributed by atoms with Gasteiger partial charge in [-0.1, -0.05) is 77.0 Å². The van der Waals surface area contributed by atoms with Gasteiger partial charge in [0.05, 0.1) is 41.4 Å². The van der Waals surface area contributed by atoms with Crippen LogP contribution in [-0.2, 0) is 19.1 Å². The second-order valence-corrected chi connectivity index (χ2v) is 12.3. The lowest BCUT2D eigenvalue weighted by atomic mass is 10.1. The van der Waals surface area contributed by atoms with Gasteiger partial charge in [-0.25, -0.2) is 0 Å². The number of rotatable bonds is 29. The third-order valence-electron chi connectivity index (χ3n) is 7.03. The van der Waals surface area contributed by atoms with E-state index in [9.17, 15) is 19.8 Å². The number of halogens is 2. The molecule has 0 amide bonds. The molecule has 0 atom stereocenters. The van der Waals surface area contributed by atoms with Gasteiger partial charge in [0.2, 0.25) is 0 Å². The molecule has 0 spiro atoms. The first-order valence-corrected chi connectivity index (χ1v) is 15.2. The maximum absolute atomic E-state index is 10.4. The van der Waals surface area contributed by atoms with Crippen molar-refractivity contribution in [2.45, 2.75) is 116 Å². The number of hydrogen-bond donors (Lipinski definition) is 0. The molecular formula is C30H62Cl2N2O6. The monoisotopic (exact) mass is 616 g/mol. The second-order valence-electron chi connectivity index (χ2n) is 12.3. The first-order chi connectivity index (χ1) is 18.0.